The molecule has 11 heteroatoms. The molecule has 0 aliphatic carbocycles. The highest BCUT2D eigenvalue weighted by Gasteiger charge is 2.36. The molecule has 9 nitrogen and oxygen atoms in total. The van der Waals surface area contributed by atoms with E-state index in [4.69, 9.17) is 4.74 Å². The summed E-state index contributed by atoms with van der Waals surface area (Å²) in [5, 5.41) is 9.82. The normalized spacial score (nSPS) is 25.5. The Morgan fingerprint density at radius 1 is 1.50 bits per heavy atom. The Bertz CT molecular complexity index is 785. The van der Waals surface area contributed by atoms with Crippen LogP contribution in [0.4, 0.5) is 4.48 Å². The molecule has 2 rings (SSSR count). The number of hydrogen-bond donors (Lipinski definition) is 1. The number of rotatable bonds is 4. The largest absolute Gasteiger partial charge is 0.390 e. The third-order valence-corrected chi connectivity index (χ3v) is 3.76. The summed E-state index contributed by atoms with van der Waals surface area (Å²) in [7, 11) is -3.71. The van der Waals surface area contributed by atoms with Crippen molar-refractivity contribution in [3.63, 3.8) is 0 Å². The molecular weight excluding hydrogens is 323 g/mol. The van der Waals surface area contributed by atoms with Crippen LogP contribution in [0.25, 0.3) is 0 Å². The third-order valence-electron chi connectivity index (χ3n) is 3.20. The molecule has 1 fully saturated rings. The molecule has 0 radical (unpaired) electrons. The number of nitrogens with zero attached hydrogens (tertiary/aromatic N) is 2. The highest BCUT2D eigenvalue weighted by atomic mass is 32.2. The highest BCUT2D eigenvalue weighted by molar-refractivity contribution is 7.85. The van der Waals surface area contributed by atoms with E-state index in [1.165, 1.54) is 6.92 Å². The van der Waals surface area contributed by atoms with E-state index in [2.05, 4.69) is 4.18 Å². The van der Waals surface area contributed by atoms with Gasteiger partial charge in [-0.3, -0.25) is 13.5 Å². The minimum absolute atomic E-state index is 0.0176. The van der Waals surface area contributed by atoms with E-state index in [9.17, 15) is 27.6 Å². The predicted octanol–water partition coefficient (Wildman–Crippen LogP) is -1.32. The lowest BCUT2D eigenvalue weighted by Crippen LogP contribution is -2.38. The Hall–Kier alpha value is -1.56. The summed E-state index contributed by atoms with van der Waals surface area (Å²) in [6.07, 6.45) is -1.23. The van der Waals surface area contributed by atoms with Crippen molar-refractivity contribution in [2.75, 3.05) is 12.9 Å². The van der Waals surface area contributed by atoms with E-state index in [1.54, 1.807) is 0 Å². The van der Waals surface area contributed by atoms with Crippen molar-refractivity contribution >= 4 is 10.1 Å². The Labute approximate surface area is 124 Å². The maximum Gasteiger partial charge on any atom is 0.362 e. The van der Waals surface area contributed by atoms with Gasteiger partial charge in [0.2, 0.25) is 0 Å². The molecule has 1 N–H and O–H groups in total. The Morgan fingerprint density at radius 2 is 2.14 bits per heavy atom. The molecule has 0 aromatic carbocycles. The van der Waals surface area contributed by atoms with Gasteiger partial charge < -0.3 is 9.84 Å². The van der Waals surface area contributed by atoms with Crippen molar-refractivity contribution in [1.29, 1.82) is 0 Å². The molecule has 124 valence electrons. The first-order chi connectivity index (χ1) is 10.1. The smallest absolute Gasteiger partial charge is 0.362 e. The first-order valence-corrected chi connectivity index (χ1v) is 8.10. The molecule has 1 unspecified atom stereocenters. The lowest BCUT2D eigenvalue weighted by Gasteiger charge is -2.16. The van der Waals surface area contributed by atoms with Crippen molar-refractivity contribution < 1.29 is 26.9 Å². The van der Waals surface area contributed by atoms with Gasteiger partial charge in [0.25, 0.3) is 15.7 Å². The fourth-order valence-corrected chi connectivity index (χ4v) is 2.48. The van der Waals surface area contributed by atoms with Crippen molar-refractivity contribution in [2.45, 2.75) is 31.8 Å². The lowest BCUT2D eigenvalue weighted by atomic mass is 10.2. The molecule has 1 aliphatic rings. The number of halogens is 1. The van der Waals surface area contributed by atoms with Crippen LogP contribution in [0.5, 0.6) is 0 Å². The molecular formula is C11H15FN2O7S. The summed E-state index contributed by atoms with van der Waals surface area (Å²) in [4.78, 5) is 22.5. The summed E-state index contributed by atoms with van der Waals surface area (Å²) in [5.41, 5.74) is -2.33. The van der Waals surface area contributed by atoms with Gasteiger partial charge in [0.15, 0.2) is 0 Å². The van der Waals surface area contributed by atoms with Gasteiger partial charge in [0, 0.05) is 18.2 Å². The van der Waals surface area contributed by atoms with Crippen molar-refractivity contribution in [3.8, 4) is 0 Å². The summed E-state index contributed by atoms with van der Waals surface area (Å²) in [5.74, 6) is 0. The number of aryl methyl sites for hydroxylation is 1. The number of aliphatic hydroxyl groups is 1. The van der Waals surface area contributed by atoms with Gasteiger partial charge in [-0.15, -0.1) is 0 Å². The lowest BCUT2D eigenvalue weighted by molar-refractivity contribution is -0.0410. The van der Waals surface area contributed by atoms with Gasteiger partial charge in [0.05, 0.1) is 19.0 Å². The molecule has 0 amide bonds. The quantitative estimate of drug-likeness (QED) is 0.676. The monoisotopic (exact) mass is 338 g/mol. The van der Waals surface area contributed by atoms with Crippen LogP contribution in [-0.2, 0) is 19.0 Å². The summed E-state index contributed by atoms with van der Waals surface area (Å²) >= 11 is 0. The van der Waals surface area contributed by atoms with Gasteiger partial charge in [0.1, 0.15) is 12.3 Å². The predicted molar refractivity (Wildman–Crippen MR) is 71.5 cm³/mol. The summed E-state index contributed by atoms with van der Waals surface area (Å²) in [6.45, 7) is 0.892. The topological polar surface area (TPSA) is 117 Å². The highest BCUT2D eigenvalue weighted by Crippen LogP contribution is 2.28. The van der Waals surface area contributed by atoms with E-state index in [0.717, 1.165) is 17.0 Å². The molecule has 1 saturated heterocycles. The molecule has 3 atom stereocenters. The SMILES string of the molecule is Cc1cn([C@H]2CC(O)[C@@H](COS(C)(=O)=O)O2)c(=O)n(F)c1=O. The second-order valence-electron chi connectivity index (χ2n) is 5.01. The van der Waals surface area contributed by atoms with E-state index in [-0.39, 0.29) is 12.0 Å². The van der Waals surface area contributed by atoms with Crippen LogP contribution in [0.3, 0.4) is 0 Å². The second-order valence-corrected chi connectivity index (χ2v) is 6.65. The maximum absolute atomic E-state index is 13.5. The van der Waals surface area contributed by atoms with Crippen molar-refractivity contribution in [2.24, 2.45) is 0 Å². The minimum atomic E-state index is -3.71. The van der Waals surface area contributed by atoms with E-state index in [0.29, 0.717) is 0 Å². The second kappa shape index (κ2) is 5.91. The molecule has 22 heavy (non-hydrogen) atoms. The molecule has 1 aromatic heterocycles. The number of aromatic nitrogens is 2. The van der Waals surface area contributed by atoms with Gasteiger partial charge in [-0.05, 0) is 6.92 Å². The van der Waals surface area contributed by atoms with Crippen molar-refractivity contribution in [3.05, 3.63) is 32.6 Å². The van der Waals surface area contributed by atoms with Crippen LogP contribution in [0.1, 0.15) is 18.2 Å². The molecule has 0 spiro atoms. The minimum Gasteiger partial charge on any atom is -0.390 e. The fourth-order valence-electron chi connectivity index (χ4n) is 2.09. The molecule has 1 aliphatic heterocycles. The van der Waals surface area contributed by atoms with E-state index >= 15 is 0 Å². The zero-order valence-corrected chi connectivity index (χ0v) is 12.6. The van der Waals surface area contributed by atoms with Gasteiger partial charge in [-0.1, -0.05) is 9.27 Å². The Balaban J connectivity index is 2.23. The van der Waals surface area contributed by atoms with Crippen molar-refractivity contribution in [1.82, 2.24) is 9.36 Å². The molecule has 0 saturated carbocycles. The van der Waals surface area contributed by atoms with Crippen LogP contribution in [-0.4, -0.2) is 48.0 Å². The number of aliphatic hydroxyl groups excluding tert-OH is 1. The fraction of sp³-hybridized carbons (Fsp3) is 0.636. The molecule has 1 aromatic rings. The zero-order valence-electron chi connectivity index (χ0n) is 11.8. The van der Waals surface area contributed by atoms with E-state index in [1.807, 2.05) is 0 Å². The van der Waals surface area contributed by atoms with Gasteiger partial charge >= 0.3 is 5.69 Å². The average molecular weight is 338 g/mol. The van der Waals surface area contributed by atoms with Crippen LogP contribution >= 0.6 is 0 Å². The van der Waals surface area contributed by atoms with Gasteiger partial charge in [-0.25, -0.2) is 4.79 Å². The van der Waals surface area contributed by atoms with E-state index < -0.39 is 51.2 Å². The first kappa shape index (κ1) is 16.8. The van der Waals surface area contributed by atoms with Crippen LogP contribution in [0.2, 0.25) is 0 Å². The first-order valence-electron chi connectivity index (χ1n) is 6.29. The van der Waals surface area contributed by atoms with Crippen LogP contribution < -0.4 is 11.2 Å². The number of ether oxygens (including phenoxy) is 1. The summed E-state index contributed by atoms with van der Waals surface area (Å²) in [6, 6.07) is 0. The Morgan fingerprint density at radius 3 is 2.73 bits per heavy atom. The van der Waals surface area contributed by atoms with Gasteiger partial charge in [-0.2, -0.15) is 8.42 Å². The molecule has 2 heterocycles. The third kappa shape index (κ3) is 3.43. The Kier molecular flexibility index (Phi) is 4.52. The standard InChI is InChI=1S/C11H15FN2O7S/c1-6-4-13(11(17)14(12)10(6)16)9-3-7(15)8(21-9)5-20-22(2,18)19/h4,7-9,15H,3,5H2,1-2H3/t7?,8-,9-/m1/s1. The van der Waals surface area contributed by atoms with Crippen LogP contribution in [0.15, 0.2) is 15.8 Å². The van der Waals surface area contributed by atoms with Crippen LogP contribution in [0, 0.1) is 6.92 Å². The molecule has 0 bridgehead atoms. The summed E-state index contributed by atoms with van der Waals surface area (Å²) < 4.78 is 46.0. The number of hydrogen-bond acceptors (Lipinski definition) is 7. The maximum atomic E-state index is 13.5. The zero-order chi connectivity index (χ0) is 16.7. The average Bonchev–Trinajstić information content (AvgIpc) is 2.78.